The average Bonchev–Trinajstić information content (AvgIpc) is 4.08. The second kappa shape index (κ2) is 21.3. The number of fused-ring (bicyclic) bond motifs is 12. The maximum absolute atomic E-state index is 13.1. The van der Waals surface area contributed by atoms with Crippen molar-refractivity contribution in [2.24, 2.45) is 0 Å². The van der Waals surface area contributed by atoms with Gasteiger partial charge in [0.2, 0.25) is 0 Å². The maximum atomic E-state index is 13.1. The van der Waals surface area contributed by atoms with Gasteiger partial charge in [0.25, 0.3) is 0 Å². The van der Waals surface area contributed by atoms with Gasteiger partial charge in [-0.3, -0.25) is 0 Å². The summed E-state index contributed by atoms with van der Waals surface area (Å²) >= 11 is 0. The molecule has 8 aromatic carbocycles. The Morgan fingerprint density at radius 2 is 0.779 bits per heavy atom. The Hall–Kier alpha value is -9.06. The van der Waals surface area contributed by atoms with Crippen LogP contribution in [0.4, 0.5) is 22.7 Å². The normalized spacial score (nSPS) is 16.6. The Balaban J connectivity index is 0.000000164. The van der Waals surface area contributed by atoms with Gasteiger partial charge in [-0.05, 0) is 109 Å². The minimum absolute atomic E-state index is 0.0989. The molecule has 2 atom stereocenters. The number of hydrogen-bond donors (Lipinski definition) is 1. The summed E-state index contributed by atoms with van der Waals surface area (Å²) in [6.07, 6.45) is 0. The van der Waals surface area contributed by atoms with Crippen molar-refractivity contribution in [2.75, 3.05) is 72.9 Å². The number of methoxy groups -OCH3 is 4. The Morgan fingerprint density at radius 3 is 1.27 bits per heavy atom. The fourth-order valence-electron chi connectivity index (χ4n) is 9.99. The van der Waals surface area contributed by atoms with E-state index in [-0.39, 0.29) is 39.1 Å². The summed E-state index contributed by atoms with van der Waals surface area (Å²) in [5.41, 5.74) is 6.79. The van der Waals surface area contributed by atoms with Crippen molar-refractivity contribution in [2.45, 2.75) is 11.2 Å². The quantitative estimate of drug-likeness (QED) is 0.0718. The first-order valence-corrected chi connectivity index (χ1v) is 24.4. The highest BCUT2D eigenvalue weighted by atomic mass is 16.7. The van der Waals surface area contributed by atoms with E-state index in [4.69, 9.17) is 56.8 Å². The van der Waals surface area contributed by atoms with Gasteiger partial charge >= 0.3 is 11.9 Å². The fraction of sp³-hybridized carbons (Fsp3) is 0.180. The summed E-state index contributed by atoms with van der Waals surface area (Å²) < 4.78 is 67.6. The summed E-state index contributed by atoms with van der Waals surface area (Å²) in [6, 6.07) is 52.8. The number of esters is 2. The lowest BCUT2D eigenvalue weighted by atomic mass is 9.77. The second-order valence-electron chi connectivity index (χ2n) is 18.0. The lowest BCUT2D eigenvalue weighted by Crippen LogP contribution is -2.33. The van der Waals surface area contributed by atoms with Crippen molar-refractivity contribution in [3.63, 3.8) is 0 Å². The molecule has 390 valence electrons. The third-order valence-corrected chi connectivity index (χ3v) is 13.5. The molecule has 4 aliphatic heterocycles. The number of anilines is 4. The lowest BCUT2D eigenvalue weighted by Gasteiger charge is -2.37. The number of rotatable bonds is 16. The number of benzene rings is 8. The van der Waals surface area contributed by atoms with Gasteiger partial charge in [0, 0.05) is 116 Å². The van der Waals surface area contributed by atoms with Crippen LogP contribution in [0.3, 0.4) is 0 Å². The van der Waals surface area contributed by atoms with E-state index in [0.29, 0.717) is 51.4 Å². The van der Waals surface area contributed by atoms with E-state index in [1.807, 2.05) is 158 Å². The van der Waals surface area contributed by atoms with Gasteiger partial charge in [0.15, 0.2) is 38.4 Å². The molecule has 0 amide bonds. The number of carbonyl (C=O) groups excluding carboxylic acids is 2. The van der Waals surface area contributed by atoms with E-state index in [9.17, 15) is 9.59 Å². The highest BCUT2D eigenvalue weighted by Crippen LogP contribution is 2.59. The van der Waals surface area contributed by atoms with Crippen LogP contribution < -0.4 is 38.6 Å². The largest absolute Gasteiger partial charge is 0.468 e. The van der Waals surface area contributed by atoms with Crippen LogP contribution >= 0.6 is 0 Å². The Kier molecular flexibility index (Phi) is 13.9. The summed E-state index contributed by atoms with van der Waals surface area (Å²) in [5.74, 6) is 4.05. The fourth-order valence-corrected chi connectivity index (χ4v) is 9.99. The van der Waals surface area contributed by atoms with E-state index in [1.54, 1.807) is 52.7 Å². The third kappa shape index (κ3) is 9.22. The molecule has 4 aliphatic rings. The van der Waals surface area contributed by atoms with Gasteiger partial charge in [0.05, 0.1) is 11.1 Å². The zero-order chi connectivity index (χ0) is 53.1. The minimum Gasteiger partial charge on any atom is -0.468 e. The number of hydrogen-bond acceptors (Lipinski definition) is 16. The van der Waals surface area contributed by atoms with Crippen LogP contribution in [-0.2, 0) is 39.6 Å². The summed E-state index contributed by atoms with van der Waals surface area (Å²) in [5, 5.41) is 3.39. The van der Waals surface area contributed by atoms with Crippen LogP contribution in [0.2, 0.25) is 0 Å². The van der Waals surface area contributed by atoms with Crippen LogP contribution in [-0.4, -0.2) is 74.6 Å². The highest BCUT2D eigenvalue weighted by molar-refractivity contribution is 5.98. The highest BCUT2D eigenvalue weighted by Gasteiger charge is 2.55. The molecule has 0 bridgehead atoms. The predicted octanol–water partition coefficient (Wildman–Crippen LogP) is 12.0. The number of nitrogens with zero attached hydrogens (tertiary/aromatic N) is 1. The molecular formula is C61H52N2O14. The summed E-state index contributed by atoms with van der Waals surface area (Å²) in [7, 11) is 8.26. The molecule has 2 unspecified atom stereocenters. The molecule has 0 aromatic heterocycles. The first kappa shape index (κ1) is 50.1. The molecule has 12 rings (SSSR count). The molecule has 8 aromatic rings. The number of nitrogens with one attached hydrogen (secondary N) is 1. The molecule has 0 aliphatic carbocycles. The Morgan fingerprint density at radius 1 is 0.403 bits per heavy atom. The van der Waals surface area contributed by atoms with Crippen molar-refractivity contribution in [1.29, 1.82) is 0 Å². The van der Waals surface area contributed by atoms with Crippen LogP contribution in [0.1, 0.15) is 54.1 Å². The molecule has 4 heterocycles. The zero-order valence-electron chi connectivity index (χ0n) is 42.7. The van der Waals surface area contributed by atoms with Crippen LogP contribution in [0.25, 0.3) is 0 Å². The van der Waals surface area contributed by atoms with Crippen LogP contribution in [0.15, 0.2) is 170 Å². The van der Waals surface area contributed by atoms with Crippen molar-refractivity contribution in [1.82, 2.24) is 0 Å². The van der Waals surface area contributed by atoms with E-state index in [1.165, 1.54) is 0 Å². The van der Waals surface area contributed by atoms with Gasteiger partial charge in [-0.15, -0.1) is 0 Å². The molecular weight excluding hydrogens is 985 g/mol. The van der Waals surface area contributed by atoms with Crippen LogP contribution in [0.5, 0.6) is 46.0 Å². The molecule has 0 saturated carbocycles. The minimum atomic E-state index is -1.15. The first-order chi connectivity index (χ1) is 37.7. The maximum Gasteiger partial charge on any atom is 0.340 e. The van der Waals surface area contributed by atoms with Crippen LogP contribution in [0, 0.1) is 0 Å². The standard InChI is InChI=1S/C31H27NO7.C30H25NO7/c1-32(20-8-11-22(12-9-20)36-18-34-2)21-10-14-26-28(16-21)38-29-17-23(37-19-35-3)13-15-27(29)31(26)25-7-5-4-6-24(25)30(33)39-31;1-33-17-35-21-10-7-19(8-11-21)31-20-9-13-25-27(15-20)37-28-16-22(36-18-34-2)12-14-26(28)30(25)24-6-4-3-5-23(24)29(32)38-30/h4-17H,18-19H2,1-3H3;3-16,31H,17-18H2,1-2H3. The van der Waals surface area contributed by atoms with Crippen molar-refractivity contribution >= 4 is 34.7 Å². The van der Waals surface area contributed by atoms with Crippen molar-refractivity contribution in [3.8, 4) is 46.0 Å². The number of ether oxygens (including phenoxy) is 12. The molecule has 1 N–H and O–H groups in total. The third-order valence-electron chi connectivity index (χ3n) is 13.5. The van der Waals surface area contributed by atoms with Gasteiger partial charge < -0.3 is 67.1 Å². The van der Waals surface area contributed by atoms with Gasteiger partial charge in [-0.2, -0.15) is 0 Å². The molecule has 77 heavy (non-hydrogen) atoms. The molecule has 0 fully saturated rings. The van der Waals surface area contributed by atoms with E-state index in [0.717, 1.165) is 61.9 Å². The van der Waals surface area contributed by atoms with Gasteiger partial charge in [-0.1, -0.05) is 36.4 Å². The summed E-state index contributed by atoms with van der Waals surface area (Å²) in [6.45, 7) is 0.570. The zero-order valence-corrected chi connectivity index (χ0v) is 42.7. The molecule has 0 saturated heterocycles. The lowest BCUT2D eigenvalue weighted by molar-refractivity contribution is 0.0213. The molecule has 2 spiro atoms. The van der Waals surface area contributed by atoms with E-state index in [2.05, 4.69) is 5.32 Å². The molecule has 0 radical (unpaired) electrons. The number of carbonyl (C=O) groups is 2. The van der Waals surface area contributed by atoms with E-state index < -0.39 is 11.2 Å². The van der Waals surface area contributed by atoms with Gasteiger partial charge in [0.1, 0.15) is 46.0 Å². The van der Waals surface area contributed by atoms with Crippen molar-refractivity contribution in [3.05, 3.63) is 214 Å². The Labute approximate surface area is 444 Å². The summed E-state index contributed by atoms with van der Waals surface area (Å²) in [4.78, 5) is 28.2. The predicted molar refractivity (Wildman–Crippen MR) is 284 cm³/mol. The second-order valence-corrected chi connectivity index (χ2v) is 18.0. The smallest absolute Gasteiger partial charge is 0.340 e. The van der Waals surface area contributed by atoms with E-state index >= 15 is 0 Å². The topological polar surface area (TPSA) is 160 Å². The van der Waals surface area contributed by atoms with Crippen molar-refractivity contribution < 1.29 is 66.4 Å². The average molecular weight is 1040 g/mol. The molecule has 16 nitrogen and oxygen atoms in total. The monoisotopic (exact) mass is 1040 g/mol. The first-order valence-electron chi connectivity index (χ1n) is 24.4. The Bertz CT molecular complexity index is 3500. The molecule has 16 heteroatoms. The van der Waals surface area contributed by atoms with Gasteiger partial charge in [-0.25, -0.2) is 9.59 Å². The SMILES string of the molecule is COCOc1ccc(N(C)c2ccc3c(c2)Oc2cc(OCOC)ccc2C32OC(=O)c3ccccc32)cc1.COCOc1ccc(Nc2ccc3c(c2)Oc2cc(OCOC)ccc2C32OC(=O)c3ccccc32)cc1.